The number of hydrogen-bond acceptors (Lipinski definition) is 2. The second-order valence-corrected chi connectivity index (χ2v) is 5.01. The van der Waals surface area contributed by atoms with Gasteiger partial charge in [-0.3, -0.25) is 9.59 Å². The quantitative estimate of drug-likeness (QED) is 0.784. The lowest BCUT2D eigenvalue weighted by molar-refractivity contribution is -0.128. The number of anilines is 1. The highest BCUT2D eigenvalue weighted by atomic mass is 16.2. The number of carbonyl (C=O) groups is 2. The third-order valence-corrected chi connectivity index (χ3v) is 3.41. The Morgan fingerprint density at radius 1 is 1.38 bits per heavy atom. The molecule has 0 aromatic heterocycles. The van der Waals surface area contributed by atoms with Gasteiger partial charge in [0.05, 0.1) is 0 Å². The third-order valence-electron chi connectivity index (χ3n) is 3.41. The minimum Gasteiger partial charge on any atom is -0.339 e. The van der Waals surface area contributed by atoms with E-state index in [0.717, 1.165) is 23.2 Å². The molecule has 0 aliphatic carbocycles. The average molecular weight is 288 g/mol. The van der Waals surface area contributed by atoms with E-state index >= 15 is 0 Å². The molecular formula is C17H24N2O2. The van der Waals surface area contributed by atoms with Crippen LogP contribution in [0.4, 0.5) is 5.69 Å². The monoisotopic (exact) mass is 288 g/mol. The summed E-state index contributed by atoms with van der Waals surface area (Å²) in [5.74, 6) is -0.123. The minimum absolute atomic E-state index is 0.0483. The van der Waals surface area contributed by atoms with Crippen LogP contribution >= 0.6 is 0 Å². The van der Waals surface area contributed by atoms with Gasteiger partial charge in [0.15, 0.2) is 0 Å². The van der Waals surface area contributed by atoms with E-state index in [4.69, 9.17) is 0 Å². The molecule has 1 aromatic carbocycles. The van der Waals surface area contributed by atoms with Gasteiger partial charge in [0.1, 0.15) is 0 Å². The van der Waals surface area contributed by atoms with E-state index in [1.54, 1.807) is 11.0 Å². The number of rotatable bonds is 7. The minimum atomic E-state index is -0.0747. The molecule has 0 aliphatic heterocycles. The Kier molecular flexibility index (Phi) is 6.66. The second-order valence-electron chi connectivity index (χ2n) is 5.01. The second kappa shape index (κ2) is 8.25. The molecule has 0 radical (unpaired) electrons. The molecule has 1 rings (SSSR count). The fourth-order valence-electron chi connectivity index (χ4n) is 2.17. The molecule has 1 N–H and O–H groups in total. The first-order valence-corrected chi connectivity index (χ1v) is 7.24. The molecule has 0 fully saturated rings. The van der Waals surface area contributed by atoms with Gasteiger partial charge in [0, 0.05) is 32.1 Å². The Morgan fingerprint density at radius 2 is 2.10 bits per heavy atom. The van der Waals surface area contributed by atoms with Gasteiger partial charge in [-0.05, 0) is 24.5 Å². The van der Waals surface area contributed by atoms with Gasteiger partial charge in [0.2, 0.25) is 11.8 Å². The molecule has 0 atom stereocenters. The van der Waals surface area contributed by atoms with Crippen LogP contribution in [0.5, 0.6) is 0 Å². The lowest BCUT2D eigenvalue weighted by Crippen LogP contribution is -2.32. The van der Waals surface area contributed by atoms with E-state index in [1.165, 1.54) is 6.92 Å². The lowest BCUT2D eigenvalue weighted by Gasteiger charge is -2.19. The third kappa shape index (κ3) is 5.06. The Hall–Kier alpha value is -2.10. The fourth-order valence-corrected chi connectivity index (χ4v) is 2.17. The van der Waals surface area contributed by atoms with Crippen molar-refractivity contribution >= 4 is 17.5 Å². The summed E-state index contributed by atoms with van der Waals surface area (Å²) in [6.45, 7) is 10.0. The van der Waals surface area contributed by atoms with Crippen molar-refractivity contribution in [3.05, 3.63) is 42.0 Å². The summed E-state index contributed by atoms with van der Waals surface area (Å²) in [5, 5.41) is 2.96. The van der Waals surface area contributed by atoms with E-state index in [1.807, 2.05) is 25.1 Å². The number of para-hydroxylation sites is 1. The zero-order valence-corrected chi connectivity index (χ0v) is 13.1. The number of aryl methyl sites for hydroxylation is 2. The summed E-state index contributed by atoms with van der Waals surface area (Å²) in [6.07, 6.45) is 2.81. The van der Waals surface area contributed by atoms with Gasteiger partial charge in [0.25, 0.3) is 0 Å². The zero-order valence-electron chi connectivity index (χ0n) is 13.1. The molecule has 0 heterocycles. The van der Waals surface area contributed by atoms with Crippen LogP contribution in [-0.2, 0) is 16.0 Å². The summed E-state index contributed by atoms with van der Waals surface area (Å²) >= 11 is 0. The van der Waals surface area contributed by atoms with Crippen LogP contribution < -0.4 is 5.32 Å². The molecule has 114 valence electrons. The number of nitrogens with one attached hydrogen (secondary N) is 1. The number of nitrogens with zero attached hydrogens (tertiary/aromatic N) is 1. The Labute approximate surface area is 126 Å². The van der Waals surface area contributed by atoms with Crippen molar-refractivity contribution in [2.24, 2.45) is 0 Å². The summed E-state index contributed by atoms with van der Waals surface area (Å²) in [6, 6.07) is 5.99. The SMILES string of the molecule is C=CCN(CCC(=O)Nc1c(C)cccc1CC)C(C)=O. The van der Waals surface area contributed by atoms with Crippen LogP contribution in [0.2, 0.25) is 0 Å². The van der Waals surface area contributed by atoms with Crippen LogP contribution in [-0.4, -0.2) is 29.8 Å². The molecule has 0 spiro atoms. The van der Waals surface area contributed by atoms with Gasteiger partial charge < -0.3 is 10.2 Å². The van der Waals surface area contributed by atoms with Crippen molar-refractivity contribution < 1.29 is 9.59 Å². The Bertz CT molecular complexity index is 524. The molecule has 1 aromatic rings. The van der Waals surface area contributed by atoms with Crippen LogP contribution in [0.1, 0.15) is 31.4 Å². The van der Waals surface area contributed by atoms with E-state index in [-0.39, 0.29) is 18.2 Å². The number of benzene rings is 1. The number of carbonyl (C=O) groups excluding carboxylic acids is 2. The number of hydrogen-bond donors (Lipinski definition) is 1. The van der Waals surface area contributed by atoms with E-state index < -0.39 is 0 Å². The molecule has 0 bridgehead atoms. The van der Waals surface area contributed by atoms with Crippen molar-refractivity contribution in [2.45, 2.75) is 33.6 Å². The Morgan fingerprint density at radius 3 is 2.67 bits per heavy atom. The highest BCUT2D eigenvalue weighted by molar-refractivity contribution is 5.92. The topological polar surface area (TPSA) is 49.4 Å². The molecule has 21 heavy (non-hydrogen) atoms. The summed E-state index contributed by atoms with van der Waals surface area (Å²) < 4.78 is 0. The lowest BCUT2D eigenvalue weighted by atomic mass is 10.1. The maximum absolute atomic E-state index is 12.1. The van der Waals surface area contributed by atoms with Crippen LogP contribution in [0.3, 0.4) is 0 Å². The normalized spacial score (nSPS) is 10.0. The predicted octanol–water partition coefficient (Wildman–Crippen LogP) is 2.92. The molecule has 2 amide bonds. The van der Waals surface area contributed by atoms with Gasteiger partial charge in [-0.25, -0.2) is 0 Å². The van der Waals surface area contributed by atoms with E-state index in [9.17, 15) is 9.59 Å². The standard InChI is InChI=1S/C17H24N2O2/c1-5-11-19(14(4)20)12-10-16(21)18-17-13(3)8-7-9-15(17)6-2/h5,7-9H,1,6,10-12H2,2-4H3,(H,18,21). The van der Waals surface area contributed by atoms with Crippen molar-refractivity contribution in [3.63, 3.8) is 0 Å². The van der Waals surface area contributed by atoms with Crippen LogP contribution in [0, 0.1) is 6.92 Å². The van der Waals surface area contributed by atoms with Gasteiger partial charge >= 0.3 is 0 Å². The molecule has 0 unspecified atom stereocenters. The molecule has 4 heteroatoms. The maximum atomic E-state index is 12.1. The smallest absolute Gasteiger partial charge is 0.226 e. The fraction of sp³-hybridized carbons (Fsp3) is 0.412. The summed E-state index contributed by atoms with van der Waals surface area (Å²) in [7, 11) is 0. The van der Waals surface area contributed by atoms with Crippen molar-refractivity contribution in [1.82, 2.24) is 4.90 Å². The first-order valence-electron chi connectivity index (χ1n) is 7.24. The number of amides is 2. The maximum Gasteiger partial charge on any atom is 0.226 e. The first-order chi connectivity index (χ1) is 9.99. The Balaban J connectivity index is 2.66. The summed E-state index contributed by atoms with van der Waals surface area (Å²) in [4.78, 5) is 25.1. The van der Waals surface area contributed by atoms with Gasteiger partial charge in [-0.15, -0.1) is 6.58 Å². The van der Waals surface area contributed by atoms with Crippen LogP contribution in [0.15, 0.2) is 30.9 Å². The molecule has 4 nitrogen and oxygen atoms in total. The van der Waals surface area contributed by atoms with Crippen molar-refractivity contribution in [3.8, 4) is 0 Å². The predicted molar refractivity (Wildman–Crippen MR) is 86.3 cm³/mol. The van der Waals surface area contributed by atoms with E-state index in [0.29, 0.717) is 13.1 Å². The van der Waals surface area contributed by atoms with Crippen molar-refractivity contribution in [1.29, 1.82) is 0 Å². The molecular weight excluding hydrogens is 264 g/mol. The van der Waals surface area contributed by atoms with Gasteiger partial charge in [-0.2, -0.15) is 0 Å². The highest BCUT2D eigenvalue weighted by Gasteiger charge is 2.12. The zero-order chi connectivity index (χ0) is 15.8. The van der Waals surface area contributed by atoms with E-state index in [2.05, 4.69) is 18.8 Å². The largest absolute Gasteiger partial charge is 0.339 e. The molecule has 0 aliphatic rings. The molecule has 0 saturated heterocycles. The van der Waals surface area contributed by atoms with Crippen LogP contribution in [0.25, 0.3) is 0 Å². The van der Waals surface area contributed by atoms with Gasteiger partial charge in [-0.1, -0.05) is 31.2 Å². The first kappa shape index (κ1) is 17.0. The summed E-state index contributed by atoms with van der Waals surface area (Å²) in [5.41, 5.74) is 3.07. The highest BCUT2D eigenvalue weighted by Crippen LogP contribution is 2.21. The molecule has 0 saturated carbocycles. The van der Waals surface area contributed by atoms with Crippen molar-refractivity contribution in [2.75, 3.05) is 18.4 Å². The average Bonchev–Trinajstić information content (AvgIpc) is 2.45.